The number of hydrogen-bond acceptors (Lipinski definition) is 4. The van der Waals surface area contributed by atoms with Gasteiger partial charge in [0, 0.05) is 29.0 Å². The number of nitrogens with one attached hydrogen (secondary N) is 1. The molecule has 138 valence electrons. The van der Waals surface area contributed by atoms with Crippen molar-refractivity contribution in [3.8, 4) is 0 Å². The standard InChI is InChI=1S/C22H22N2O2S/c1-12-8-17(25)18(13-2-4-14(5-3-13)22(11-23)6-7-22)19-15-9-27-10-16(15)21(26)24-20(12)19/h2-5,8-10,18-19,25H,6-7,11,23H2,1H3,(H,24,26)/t18?,19-/m1/s1. The number of carbonyl (C=O) groups is 1. The van der Waals surface area contributed by atoms with Crippen LogP contribution in [0.2, 0.25) is 0 Å². The molecule has 2 aliphatic carbocycles. The SMILES string of the molecule is CC1=C2NC(=O)c3cscc3[C@@H]2C(c2ccc(C3(CN)CC3)cc2)C(O)=C1. The van der Waals surface area contributed by atoms with Crippen molar-refractivity contribution >= 4 is 17.2 Å². The molecule has 3 aliphatic rings. The second kappa shape index (κ2) is 5.81. The fourth-order valence-electron chi connectivity index (χ4n) is 4.57. The molecule has 1 unspecified atom stereocenters. The summed E-state index contributed by atoms with van der Waals surface area (Å²) in [7, 11) is 0. The lowest BCUT2D eigenvalue weighted by Gasteiger charge is -2.37. The van der Waals surface area contributed by atoms with Crippen LogP contribution in [0.5, 0.6) is 0 Å². The molecule has 1 amide bonds. The van der Waals surface area contributed by atoms with Gasteiger partial charge in [0.1, 0.15) is 5.76 Å². The summed E-state index contributed by atoms with van der Waals surface area (Å²) in [6, 6.07) is 8.54. The minimum absolute atomic E-state index is 0.0561. The number of benzene rings is 1. The average Bonchev–Trinajstić information content (AvgIpc) is 3.31. The van der Waals surface area contributed by atoms with E-state index in [1.54, 1.807) is 6.08 Å². The zero-order chi connectivity index (χ0) is 18.8. The summed E-state index contributed by atoms with van der Waals surface area (Å²) in [5.74, 6) is 0.0329. The Morgan fingerprint density at radius 1 is 1.22 bits per heavy atom. The van der Waals surface area contributed by atoms with Crippen LogP contribution < -0.4 is 11.1 Å². The Labute approximate surface area is 162 Å². The van der Waals surface area contributed by atoms with Gasteiger partial charge >= 0.3 is 0 Å². The molecule has 27 heavy (non-hydrogen) atoms. The summed E-state index contributed by atoms with van der Waals surface area (Å²) in [5.41, 5.74) is 12.0. The van der Waals surface area contributed by atoms with E-state index in [1.165, 1.54) is 16.9 Å². The van der Waals surface area contributed by atoms with Crippen LogP contribution in [0.25, 0.3) is 0 Å². The van der Waals surface area contributed by atoms with Crippen LogP contribution in [0.15, 0.2) is 58.1 Å². The first kappa shape index (κ1) is 16.8. The number of carbonyl (C=O) groups excluding carboxylic acids is 1. The molecular weight excluding hydrogens is 356 g/mol. The van der Waals surface area contributed by atoms with Crippen LogP contribution in [0.4, 0.5) is 0 Å². The van der Waals surface area contributed by atoms with E-state index in [1.807, 2.05) is 17.7 Å². The maximum Gasteiger partial charge on any atom is 0.256 e. The molecular formula is C22H22N2O2S. The van der Waals surface area contributed by atoms with Gasteiger partial charge in [-0.1, -0.05) is 24.3 Å². The van der Waals surface area contributed by atoms with Crippen LogP contribution in [0, 0.1) is 0 Å². The highest BCUT2D eigenvalue weighted by Gasteiger charge is 2.44. The van der Waals surface area contributed by atoms with E-state index >= 15 is 0 Å². The van der Waals surface area contributed by atoms with Gasteiger partial charge in [0.05, 0.1) is 11.5 Å². The monoisotopic (exact) mass is 378 g/mol. The first-order chi connectivity index (χ1) is 13.0. The van der Waals surface area contributed by atoms with E-state index in [0.29, 0.717) is 12.3 Å². The van der Waals surface area contributed by atoms with Gasteiger partial charge in [0.15, 0.2) is 0 Å². The molecule has 4 N–H and O–H groups in total. The van der Waals surface area contributed by atoms with Crippen molar-refractivity contribution in [3.63, 3.8) is 0 Å². The normalized spacial score (nSPS) is 25.4. The van der Waals surface area contributed by atoms with E-state index in [-0.39, 0.29) is 23.2 Å². The Kier molecular flexibility index (Phi) is 3.61. The predicted octanol–water partition coefficient (Wildman–Crippen LogP) is 4.08. The molecule has 1 saturated carbocycles. The Balaban J connectivity index is 1.59. The molecule has 0 bridgehead atoms. The van der Waals surface area contributed by atoms with Crippen molar-refractivity contribution in [2.75, 3.05) is 6.54 Å². The molecule has 1 aromatic carbocycles. The largest absolute Gasteiger partial charge is 0.512 e. The quantitative estimate of drug-likeness (QED) is 0.753. The Bertz CT molecular complexity index is 996. The van der Waals surface area contributed by atoms with E-state index in [0.717, 1.165) is 40.8 Å². The van der Waals surface area contributed by atoms with Crippen molar-refractivity contribution < 1.29 is 9.90 Å². The zero-order valence-electron chi connectivity index (χ0n) is 15.2. The summed E-state index contributed by atoms with van der Waals surface area (Å²) in [6.07, 6.45) is 4.08. The average molecular weight is 378 g/mol. The molecule has 0 spiro atoms. The lowest BCUT2D eigenvalue weighted by atomic mass is 9.72. The first-order valence-corrected chi connectivity index (χ1v) is 10.3. The number of nitrogens with two attached hydrogens (primary N) is 1. The highest BCUT2D eigenvalue weighted by molar-refractivity contribution is 7.08. The van der Waals surface area contributed by atoms with Gasteiger partial charge in [-0.25, -0.2) is 0 Å². The molecule has 2 heterocycles. The predicted molar refractivity (Wildman–Crippen MR) is 107 cm³/mol. The van der Waals surface area contributed by atoms with Crippen molar-refractivity contribution in [2.24, 2.45) is 5.73 Å². The molecule has 0 saturated heterocycles. The number of fused-ring (bicyclic) bond motifs is 3. The third kappa shape index (κ3) is 2.42. The molecule has 5 rings (SSSR count). The first-order valence-electron chi connectivity index (χ1n) is 9.33. The molecule has 1 aliphatic heterocycles. The van der Waals surface area contributed by atoms with Crippen molar-refractivity contribution in [1.29, 1.82) is 0 Å². The summed E-state index contributed by atoms with van der Waals surface area (Å²) in [4.78, 5) is 12.4. The van der Waals surface area contributed by atoms with Gasteiger partial charge in [0.25, 0.3) is 5.91 Å². The van der Waals surface area contributed by atoms with E-state index in [4.69, 9.17) is 5.73 Å². The number of amides is 1. The van der Waals surface area contributed by atoms with Gasteiger partial charge in [-0.15, -0.1) is 0 Å². The molecule has 0 radical (unpaired) electrons. The van der Waals surface area contributed by atoms with Crippen LogP contribution in [-0.2, 0) is 5.41 Å². The third-order valence-corrected chi connectivity index (χ3v) is 7.16. The second-order valence-corrected chi connectivity index (χ2v) is 8.67. The van der Waals surface area contributed by atoms with Gasteiger partial charge in [0.2, 0.25) is 0 Å². The molecule has 2 aromatic rings. The van der Waals surface area contributed by atoms with Gasteiger partial charge in [-0.05, 0) is 53.5 Å². The Hall–Kier alpha value is -2.37. The van der Waals surface area contributed by atoms with Crippen LogP contribution in [0.1, 0.15) is 58.6 Å². The maximum absolute atomic E-state index is 12.4. The number of hydrogen-bond donors (Lipinski definition) is 3. The highest BCUT2D eigenvalue weighted by atomic mass is 32.1. The lowest BCUT2D eigenvalue weighted by Crippen LogP contribution is -2.37. The summed E-state index contributed by atoms with van der Waals surface area (Å²) in [6.45, 7) is 2.62. The fraction of sp³-hybridized carbons (Fsp3) is 0.318. The van der Waals surface area contributed by atoms with Gasteiger partial charge in [-0.3, -0.25) is 4.79 Å². The van der Waals surface area contributed by atoms with E-state index < -0.39 is 0 Å². The maximum atomic E-state index is 12.4. The lowest BCUT2D eigenvalue weighted by molar-refractivity contribution is 0.0953. The van der Waals surface area contributed by atoms with Crippen molar-refractivity contribution in [2.45, 2.75) is 37.0 Å². The number of allylic oxidation sites excluding steroid dienone is 4. The molecule has 2 atom stereocenters. The fourth-order valence-corrected chi connectivity index (χ4v) is 5.44. The number of aliphatic hydroxyl groups is 1. The van der Waals surface area contributed by atoms with Crippen molar-refractivity contribution in [3.05, 3.63) is 80.4 Å². The second-order valence-electron chi connectivity index (χ2n) is 7.92. The van der Waals surface area contributed by atoms with Gasteiger partial charge < -0.3 is 16.2 Å². The highest BCUT2D eigenvalue weighted by Crippen LogP contribution is 2.51. The number of rotatable bonds is 3. The van der Waals surface area contributed by atoms with E-state index in [2.05, 4.69) is 29.6 Å². The number of aliphatic hydroxyl groups excluding tert-OH is 1. The van der Waals surface area contributed by atoms with E-state index in [9.17, 15) is 9.90 Å². The smallest absolute Gasteiger partial charge is 0.256 e. The van der Waals surface area contributed by atoms with Crippen LogP contribution >= 0.6 is 11.3 Å². The third-order valence-electron chi connectivity index (χ3n) is 6.40. The topological polar surface area (TPSA) is 75.4 Å². The number of thiophene rings is 1. The minimum atomic E-state index is -0.195. The van der Waals surface area contributed by atoms with Crippen LogP contribution in [-0.4, -0.2) is 17.6 Å². The Morgan fingerprint density at radius 2 is 1.96 bits per heavy atom. The summed E-state index contributed by atoms with van der Waals surface area (Å²) >= 11 is 1.53. The Morgan fingerprint density at radius 3 is 2.63 bits per heavy atom. The van der Waals surface area contributed by atoms with Crippen molar-refractivity contribution in [1.82, 2.24) is 5.32 Å². The molecule has 5 heteroatoms. The molecule has 4 nitrogen and oxygen atoms in total. The summed E-state index contributed by atoms with van der Waals surface area (Å²) < 4.78 is 0. The summed E-state index contributed by atoms with van der Waals surface area (Å²) in [5, 5.41) is 17.8. The minimum Gasteiger partial charge on any atom is -0.512 e. The van der Waals surface area contributed by atoms with Gasteiger partial charge in [-0.2, -0.15) is 11.3 Å². The van der Waals surface area contributed by atoms with Crippen LogP contribution in [0.3, 0.4) is 0 Å². The molecule has 1 aromatic heterocycles. The molecule has 1 fully saturated rings. The zero-order valence-corrected chi connectivity index (χ0v) is 16.0.